The zero-order chi connectivity index (χ0) is 20.0. The number of carbonyl (C=O) groups is 1. The number of hydrogen-bond acceptors (Lipinski definition) is 4. The van der Waals surface area contributed by atoms with E-state index in [1.165, 1.54) is 9.44 Å². The normalized spacial score (nSPS) is 16.2. The Morgan fingerprint density at radius 3 is 2.89 bits per heavy atom. The van der Waals surface area contributed by atoms with Gasteiger partial charge in [0.25, 0.3) is 5.56 Å². The van der Waals surface area contributed by atoms with Crippen molar-refractivity contribution in [1.82, 2.24) is 9.55 Å². The minimum Gasteiger partial charge on any atom is -0.324 e. The molecule has 4 rings (SSSR count). The number of thiophene rings is 1. The molecule has 6 heteroatoms. The Bertz CT molecular complexity index is 1140. The number of amides is 1. The van der Waals surface area contributed by atoms with Gasteiger partial charge in [-0.1, -0.05) is 19.1 Å². The Labute approximate surface area is 168 Å². The number of nitrogens with zero attached hydrogens (tertiary/aromatic N) is 2. The number of hydrogen-bond donors (Lipinski definition) is 1. The highest BCUT2D eigenvalue weighted by atomic mass is 32.1. The Hall–Kier alpha value is -2.47. The van der Waals surface area contributed by atoms with Crippen molar-refractivity contribution >= 4 is 33.1 Å². The molecule has 0 fully saturated rings. The highest BCUT2D eigenvalue weighted by Gasteiger charge is 2.24. The molecule has 1 aromatic carbocycles. The maximum atomic E-state index is 13.2. The minimum atomic E-state index is -0.210. The second-order valence-corrected chi connectivity index (χ2v) is 8.96. The Balaban J connectivity index is 1.68. The average Bonchev–Trinajstić information content (AvgIpc) is 2.99. The van der Waals surface area contributed by atoms with Crippen LogP contribution >= 0.6 is 11.3 Å². The third-order valence-electron chi connectivity index (χ3n) is 5.79. The van der Waals surface area contributed by atoms with Crippen LogP contribution in [0.1, 0.15) is 40.7 Å². The van der Waals surface area contributed by atoms with E-state index in [2.05, 4.69) is 17.2 Å². The second-order valence-electron chi connectivity index (χ2n) is 7.88. The van der Waals surface area contributed by atoms with Crippen LogP contribution in [0.5, 0.6) is 0 Å². The van der Waals surface area contributed by atoms with Gasteiger partial charge in [-0.05, 0) is 68.7 Å². The summed E-state index contributed by atoms with van der Waals surface area (Å²) in [5.74, 6) is 1.02. The van der Waals surface area contributed by atoms with Crippen LogP contribution < -0.4 is 10.9 Å². The quantitative estimate of drug-likeness (QED) is 0.725. The molecule has 2 heterocycles. The van der Waals surface area contributed by atoms with Gasteiger partial charge in [0.05, 0.1) is 5.39 Å². The fraction of sp³-hybridized carbons (Fsp3) is 0.409. The second kappa shape index (κ2) is 7.17. The molecular formula is C22H25N3O2S. The lowest BCUT2D eigenvalue weighted by Gasteiger charge is -2.17. The molecule has 28 heavy (non-hydrogen) atoms. The summed E-state index contributed by atoms with van der Waals surface area (Å²) in [5.41, 5.74) is 4.00. The van der Waals surface area contributed by atoms with Crippen LogP contribution in [0.15, 0.2) is 23.0 Å². The van der Waals surface area contributed by atoms with Crippen molar-refractivity contribution < 1.29 is 4.79 Å². The van der Waals surface area contributed by atoms with Crippen LogP contribution in [0.2, 0.25) is 0 Å². The molecule has 1 atom stereocenters. The molecule has 1 aliphatic rings. The molecule has 0 saturated heterocycles. The van der Waals surface area contributed by atoms with Gasteiger partial charge in [-0.25, -0.2) is 4.98 Å². The zero-order valence-corrected chi connectivity index (χ0v) is 17.6. The number of fused-ring (bicyclic) bond motifs is 3. The van der Waals surface area contributed by atoms with Gasteiger partial charge in [-0.3, -0.25) is 14.2 Å². The molecule has 2 aromatic heterocycles. The summed E-state index contributed by atoms with van der Waals surface area (Å²) in [4.78, 5) is 32.6. The van der Waals surface area contributed by atoms with E-state index in [0.717, 1.165) is 51.9 Å². The smallest absolute Gasteiger partial charge is 0.263 e. The van der Waals surface area contributed by atoms with Crippen molar-refractivity contribution in [1.29, 1.82) is 0 Å². The first-order valence-electron chi connectivity index (χ1n) is 9.73. The van der Waals surface area contributed by atoms with Crippen LogP contribution in [0.3, 0.4) is 0 Å². The van der Waals surface area contributed by atoms with Gasteiger partial charge in [0, 0.05) is 10.6 Å². The van der Waals surface area contributed by atoms with Crippen LogP contribution in [0, 0.1) is 26.7 Å². The average molecular weight is 396 g/mol. The molecular weight excluding hydrogens is 370 g/mol. The van der Waals surface area contributed by atoms with Crippen LogP contribution in [0.4, 0.5) is 5.69 Å². The van der Waals surface area contributed by atoms with Crippen molar-refractivity contribution in [2.24, 2.45) is 5.92 Å². The fourth-order valence-electron chi connectivity index (χ4n) is 3.93. The molecule has 0 bridgehead atoms. The van der Waals surface area contributed by atoms with Gasteiger partial charge in [-0.15, -0.1) is 11.3 Å². The maximum absolute atomic E-state index is 13.2. The molecule has 1 N–H and O–H groups in total. The van der Waals surface area contributed by atoms with Crippen molar-refractivity contribution in [3.63, 3.8) is 0 Å². The molecule has 0 aliphatic heterocycles. The molecule has 1 aliphatic carbocycles. The van der Waals surface area contributed by atoms with E-state index in [4.69, 9.17) is 0 Å². The highest BCUT2D eigenvalue weighted by Crippen LogP contribution is 2.35. The lowest BCUT2D eigenvalue weighted by Crippen LogP contribution is -2.30. The lowest BCUT2D eigenvalue weighted by molar-refractivity contribution is -0.116. The van der Waals surface area contributed by atoms with E-state index in [9.17, 15) is 9.59 Å². The van der Waals surface area contributed by atoms with E-state index in [1.807, 2.05) is 32.0 Å². The van der Waals surface area contributed by atoms with Gasteiger partial charge < -0.3 is 5.32 Å². The third-order valence-corrected chi connectivity index (χ3v) is 6.93. The molecule has 3 aromatic rings. The van der Waals surface area contributed by atoms with Crippen LogP contribution in [-0.2, 0) is 24.2 Å². The number of nitrogens with one attached hydrogen (secondary N) is 1. The summed E-state index contributed by atoms with van der Waals surface area (Å²) in [6.45, 7) is 8.02. The predicted octanol–water partition coefficient (Wildman–Crippen LogP) is 4.15. The molecule has 0 radical (unpaired) electrons. The van der Waals surface area contributed by atoms with Crippen LogP contribution in [-0.4, -0.2) is 15.5 Å². The summed E-state index contributed by atoms with van der Waals surface area (Å²) in [6.07, 6.45) is 3.03. The standard InChI is InChI=1S/C22H25N3O2S/c1-12-8-9-16-18(10-12)28-21-20(16)22(27)25(15(4)23-21)11-19(26)24-17-7-5-6-13(2)14(17)3/h5-7,12H,8-11H2,1-4H3,(H,24,26). The number of aromatic nitrogens is 2. The maximum Gasteiger partial charge on any atom is 0.263 e. The van der Waals surface area contributed by atoms with Crippen molar-refractivity contribution in [3.8, 4) is 0 Å². The predicted molar refractivity (Wildman–Crippen MR) is 114 cm³/mol. The van der Waals surface area contributed by atoms with E-state index in [-0.39, 0.29) is 18.0 Å². The van der Waals surface area contributed by atoms with Crippen molar-refractivity contribution in [2.75, 3.05) is 5.32 Å². The summed E-state index contributed by atoms with van der Waals surface area (Å²) >= 11 is 1.64. The fourth-order valence-corrected chi connectivity index (χ4v) is 5.35. The summed E-state index contributed by atoms with van der Waals surface area (Å²) in [7, 11) is 0. The Morgan fingerprint density at radius 1 is 1.32 bits per heavy atom. The van der Waals surface area contributed by atoms with E-state index < -0.39 is 0 Å². The highest BCUT2D eigenvalue weighted by molar-refractivity contribution is 7.18. The topological polar surface area (TPSA) is 64.0 Å². The van der Waals surface area contributed by atoms with Gasteiger partial charge in [0.2, 0.25) is 5.91 Å². The van der Waals surface area contributed by atoms with Crippen molar-refractivity contribution in [2.45, 2.75) is 53.5 Å². The van der Waals surface area contributed by atoms with Crippen LogP contribution in [0.25, 0.3) is 10.2 Å². The Morgan fingerprint density at radius 2 is 2.11 bits per heavy atom. The van der Waals surface area contributed by atoms with E-state index in [1.54, 1.807) is 18.3 Å². The van der Waals surface area contributed by atoms with Crippen molar-refractivity contribution in [3.05, 3.63) is 55.9 Å². The third kappa shape index (κ3) is 3.26. The molecule has 5 nitrogen and oxygen atoms in total. The number of carbonyl (C=O) groups excluding carboxylic acids is 1. The minimum absolute atomic E-state index is 0.0258. The van der Waals surface area contributed by atoms with E-state index >= 15 is 0 Å². The Kier molecular flexibility index (Phi) is 4.83. The summed E-state index contributed by atoms with van der Waals surface area (Å²) < 4.78 is 1.51. The number of benzene rings is 1. The SMILES string of the molecule is Cc1cccc(NC(=O)Cn2c(C)nc3sc4c(c3c2=O)CCC(C)C4)c1C. The molecule has 1 unspecified atom stereocenters. The zero-order valence-electron chi connectivity index (χ0n) is 16.8. The van der Waals surface area contributed by atoms with Gasteiger partial charge in [0.15, 0.2) is 0 Å². The molecule has 1 amide bonds. The first-order valence-corrected chi connectivity index (χ1v) is 10.5. The number of aryl methyl sites for hydroxylation is 3. The lowest BCUT2D eigenvalue weighted by atomic mass is 9.89. The molecule has 0 saturated carbocycles. The van der Waals surface area contributed by atoms with Gasteiger partial charge in [0.1, 0.15) is 17.2 Å². The van der Waals surface area contributed by atoms with E-state index in [0.29, 0.717) is 11.7 Å². The molecule has 146 valence electrons. The van der Waals surface area contributed by atoms with Gasteiger partial charge >= 0.3 is 0 Å². The van der Waals surface area contributed by atoms with Gasteiger partial charge in [-0.2, -0.15) is 0 Å². The monoisotopic (exact) mass is 395 g/mol. The molecule has 0 spiro atoms. The first kappa shape index (κ1) is 18.9. The summed E-state index contributed by atoms with van der Waals surface area (Å²) in [6, 6.07) is 5.81. The first-order chi connectivity index (χ1) is 13.3. The largest absolute Gasteiger partial charge is 0.324 e. The number of anilines is 1. The number of rotatable bonds is 3. The summed E-state index contributed by atoms with van der Waals surface area (Å²) in [5, 5.41) is 3.66.